The Morgan fingerprint density at radius 2 is 2.25 bits per heavy atom. The summed E-state index contributed by atoms with van der Waals surface area (Å²) in [6, 6.07) is 4.33. The maximum atomic E-state index is 8.75. The van der Waals surface area contributed by atoms with Crippen LogP contribution in [0.4, 0.5) is 0 Å². The highest BCUT2D eigenvalue weighted by Gasteiger charge is 2.09. The predicted octanol–water partition coefficient (Wildman–Crippen LogP) is 1.72. The van der Waals surface area contributed by atoms with Crippen LogP contribution in [0.25, 0.3) is 0 Å². The summed E-state index contributed by atoms with van der Waals surface area (Å²) in [5.74, 6) is 0. The van der Waals surface area contributed by atoms with E-state index < -0.39 is 0 Å². The van der Waals surface area contributed by atoms with E-state index in [-0.39, 0.29) is 0 Å². The molecule has 0 bridgehead atoms. The highest BCUT2D eigenvalue weighted by molar-refractivity contribution is 5.10. The second-order valence-corrected chi connectivity index (χ2v) is 3.97. The maximum Gasteiger partial charge on any atom is 0.0869 e. The molecule has 88 valence electrons. The summed E-state index contributed by atoms with van der Waals surface area (Å²) in [4.78, 5) is 2.15. The van der Waals surface area contributed by atoms with Gasteiger partial charge in [0.05, 0.1) is 24.0 Å². The standard InChI is InChI=1S/C12H20N4/c1-4-7-16(8-6-13)10-12-9-11(5-2)14-15(12)3/h9H,4-5,7-8,10H2,1-3H3. The molecule has 0 amide bonds. The number of rotatable bonds is 6. The minimum Gasteiger partial charge on any atom is -0.285 e. The molecule has 1 aromatic heterocycles. The molecule has 1 heterocycles. The van der Waals surface area contributed by atoms with Crippen LogP contribution in [-0.4, -0.2) is 27.8 Å². The van der Waals surface area contributed by atoms with Crippen LogP contribution in [0, 0.1) is 11.3 Å². The molecule has 0 aliphatic carbocycles. The summed E-state index contributed by atoms with van der Waals surface area (Å²) in [7, 11) is 1.96. The molecule has 0 atom stereocenters. The number of aryl methyl sites for hydroxylation is 2. The SMILES string of the molecule is CCCN(CC#N)Cc1cc(CC)nn1C. The van der Waals surface area contributed by atoms with E-state index in [1.165, 1.54) is 5.69 Å². The zero-order valence-corrected chi connectivity index (χ0v) is 10.4. The van der Waals surface area contributed by atoms with Crippen LogP contribution in [0.5, 0.6) is 0 Å². The zero-order valence-electron chi connectivity index (χ0n) is 10.4. The first-order valence-corrected chi connectivity index (χ1v) is 5.82. The topological polar surface area (TPSA) is 44.9 Å². The number of hydrogen-bond donors (Lipinski definition) is 0. The summed E-state index contributed by atoms with van der Waals surface area (Å²) in [6.07, 6.45) is 2.03. The van der Waals surface area contributed by atoms with Crippen molar-refractivity contribution < 1.29 is 0 Å². The van der Waals surface area contributed by atoms with Crippen molar-refractivity contribution in [3.63, 3.8) is 0 Å². The van der Waals surface area contributed by atoms with Gasteiger partial charge in [-0.3, -0.25) is 9.58 Å². The summed E-state index contributed by atoms with van der Waals surface area (Å²) >= 11 is 0. The molecule has 0 spiro atoms. The Balaban J connectivity index is 2.68. The van der Waals surface area contributed by atoms with Crippen molar-refractivity contribution in [2.24, 2.45) is 7.05 Å². The smallest absolute Gasteiger partial charge is 0.0869 e. The molecular weight excluding hydrogens is 200 g/mol. The molecule has 0 saturated carbocycles. The monoisotopic (exact) mass is 220 g/mol. The van der Waals surface area contributed by atoms with Gasteiger partial charge < -0.3 is 0 Å². The summed E-state index contributed by atoms with van der Waals surface area (Å²) < 4.78 is 1.92. The molecule has 4 heteroatoms. The van der Waals surface area contributed by atoms with Crippen molar-refractivity contribution in [3.8, 4) is 6.07 Å². The third-order valence-corrected chi connectivity index (χ3v) is 2.61. The lowest BCUT2D eigenvalue weighted by molar-refractivity contribution is 0.290. The van der Waals surface area contributed by atoms with Crippen LogP contribution >= 0.6 is 0 Å². The van der Waals surface area contributed by atoms with Crippen LogP contribution in [0.2, 0.25) is 0 Å². The van der Waals surface area contributed by atoms with Gasteiger partial charge in [0.2, 0.25) is 0 Å². The molecule has 4 nitrogen and oxygen atoms in total. The van der Waals surface area contributed by atoms with Gasteiger partial charge in [0.1, 0.15) is 0 Å². The van der Waals surface area contributed by atoms with E-state index >= 15 is 0 Å². The Morgan fingerprint density at radius 3 is 2.75 bits per heavy atom. The Morgan fingerprint density at radius 1 is 1.50 bits per heavy atom. The average molecular weight is 220 g/mol. The molecule has 16 heavy (non-hydrogen) atoms. The van der Waals surface area contributed by atoms with Gasteiger partial charge in [-0.1, -0.05) is 13.8 Å². The van der Waals surface area contributed by atoms with E-state index in [1.54, 1.807) is 0 Å². The van der Waals surface area contributed by atoms with Crippen LogP contribution in [0.3, 0.4) is 0 Å². The molecule has 0 radical (unpaired) electrons. The lowest BCUT2D eigenvalue weighted by Gasteiger charge is -2.17. The Bertz CT molecular complexity index is 362. The van der Waals surface area contributed by atoms with Crippen molar-refractivity contribution in [1.29, 1.82) is 5.26 Å². The van der Waals surface area contributed by atoms with Crippen molar-refractivity contribution >= 4 is 0 Å². The lowest BCUT2D eigenvalue weighted by Crippen LogP contribution is -2.25. The van der Waals surface area contributed by atoms with E-state index in [2.05, 4.69) is 36.0 Å². The lowest BCUT2D eigenvalue weighted by atomic mass is 10.3. The fourth-order valence-electron chi connectivity index (χ4n) is 1.75. The van der Waals surface area contributed by atoms with Gasteiger partial charge in [-0.25, -0.2) is 0 Å². The van der Waals surface area contributed by atoms with Gasteiger partial charge in [-0.2, -0.15) is 10.4 Å². The highest BCUT2D eigenvalue weighted by Crippen LogP contribution is 2.07. The second kappa shape index (κ2) is 6.29. The van der Waals surface area contributed by atoms with Gasteiger partial charge in [0.15, 0.2) is 0 Å². The molecule has 1 rings (SSSR count). The first-order chi connectivity index (χ1) is 7.71. The van der Waals surface area contributed by atoms with Crippen LogP contribution in [0.1, 0.15) is 31.7 Å². The third-order valence-electron chi connectivity index (χ3n) is 2.61. The van der Waals surface area contributed by atoms with Crippen LogP contribution in [0.15, 0.2) is 6.07 Å². The number of nitrogens with zero attached hydrogens (tertiary/aromatic N) is 4. The van der Waals surface area contributed by atoms with Crippen molar-refractivity contribution in [2.45, 2.75) is 33.2 Å². The van der Waals surface area contributed by atoms with Crippen molar-refractivity contribution in [1.82, 2.24) is 14.7 Å². The molecule has 0 N–H and O–H groups in total. The van der Waals surface area contributed by atoms with E-state index in [1.807, 2.05) is 11.7 Å². The third kappa shape index (κ3) is 3.35. The first kappa shape index (κ1) is 12.7. The van der Waals surface area contributed by atoms with E-state index in [4.69, 9.17) is 5.26 Å². The minimum absolute atomic E-state index is 0.487. The summed E-state index contributed by atoms with van der Waals surface area (Å²) in [5.41, 5.74) is 2.30. The minimum atomic E-state index is 0.487. The first-order valence-electron chi connectivity index (χ1n) is 5.82. The molecule has 0 aliphatic rings. The van der Waals surface area contributed by atoms with Crippen LogP contribution in [-0.2, 0) is 20.0 Å². The number of aromatic nitrogens is 2. The summed E-state index contributed by atoms with van der Waals surface area (Å²) in [6.45, 7) is 6.49. The average Bonchev–Trinajstić information content (AvgIpc) is 2.60. The Hall–Kier alpha value is -1.34. The van der Waals surface area contributed by atoms with Crippen molar-refractivity contribution in [2.75, 3.05) is 13.1 Å². The van der Waals surface area contributed by atoms with Gasteiger partial charge in [-0.15, -0.1) is 0 Å². The molecular formula is C12H20N4. The summed E-state index contributed by atoms with van der Waals surface area (Å²) in [5, 5.41) is 13.2. The molecule has 0 aliphatic heterocycles. The molecule has 0 aromatic carbocycles. The van der Waals surface area contributed by atoms with Gasteiger partial charge in [0.25, 0.3) is 0 Å². The van der Waals surface area contributed by atoms with E-state index in [0.29, 0.717) is 6.54 Å². The molecule has 0 saturated heterocycles. The fraction of sp³-hybridized carbons (Fsp3) is 0.667. The van der Waals surface area contributed by atoms with Crippen LogP contribution < -0.4 is 0 Å². The molecule has 0 unspecified atom stereocenters. The van der Waals surface area contributed by atoms with Gasteiger partial charge >= 0.3 is 0 Å². The quantitative estimate of drug-likeness (QED) is 0.686. The second-order valence-electron chi connectivity index (χ2n) is 3.97. The maximum absolute atomic E-state index is 8.75. The Labute approximate surface area is 97.5 Å². The largest absolute Gasteiger partial charge is 0.285 e. The highest BCUT2D eigenvalue weighted by atomic mass is 15.3. The zero-order chi connectivity index (χ0) is 12.0. The predicted molar refractivity (Wildman–Crippen MR) is 63.8 cm³/mol. The van der Waals surface area contributed by atoms with Gasteiger partial charge in [0, 0.05) is 13.6 Å². The van der Waals surface area contributed by atoms with E-state index in [0.717, 1.165) is 31.6 Å². The molecule has 1 aromatic rings. The normalized spacial score (nSPS) is 10.7. The molecule has 0 fully saturated rings. The number of hydrogen-bond acceptors (Lipinski definition) is 3. The fourth-order valence-corrected chi connectivity index (χ4v) is 1.75. The van der Waals surface area contributed by atoms with Crippen molar-refractivity contribution in [3.05, 3.63) is 17.5 Å². The Kier molecular flexibility index (Phi) is 5.00. The number of nitriles is 1. The van der Waals surface area contributed by atoms with E-state index in [9.17, 15) is 0 Å². The van der Waals surface area contributed by atoms with Gasteiger partial charge in [-0.05, 0) is 25.5 Å².